The minimum Gasteiger partial charge on any atom is -0.414 e. The van der Waals surface area contributed by atoms with Gasteiger partial charge in [0, 0.05) is 5.71 Å². The Labute approximate surface area is 186 Å². The van der Waals surface area contributed by atoms with Gasteiger partial charge in [-0.3, -0.25) is 9.89 Å². The molecule has 0 spiro atoms. The number of nitrogens with zero attached hydrogens (tertiary/aromatic N) is 5. The van der Waals surface area contributed by atoms with Gasteiger partial charge in [-0.25, -0.2) is 4.99 Å². The summed E-state index contributed by atoms with van der Waals surface area (Å²) in [6.07, 6.45) is 0. The van der Waals surface area contributed by atoms with Crippen LogP contribution in [0.25, 0.3) is 16.5 Å². The Bertz CT molecular complexity index is 1090. The number of aliphatic imine (C=N–C) groups is 2. The zero-order valence-corrected chi connectivity index (χ0v) is 19.4. The van der Waals surface area contributed by atoms with Gasteiger partial charge < -0.3 is 9.15 Å². The maximum absolute atomic E-state index is 5.90. The van der Waals surface area contributed by atoms with E-state index in [1.165, 1.54) is 0 Å². The van der Waals surface area contributed by atoms with Gasteiger partial charge >= 0.3 is 0 Å². The van der Waals surface area contributed by atoms with Gasteiger partial charge in [0.2, 0.25) is 0 Å². The van der Waals surface area contributed by atoms with Gasteiger partial charge in [0.1, 0.15) is 5.70 Å². The summed E-state index contributed by atoms with van der Waals surface area (Å²) in [4.78, 5) is 11.7. The molecule has 0 saturated heterocycles. The third-order valence-corrected chi connectivity index (χ3v) is 5.45. The maximum Gasteiger partial charge on any atom is 0.268 e. The molecule has 2 heterocycles. The first-order chi connectivity index (χ1) is 14.9. The average molecular weight is 438 g/mol. The molecule has 0 aliphatic heterocycles. The molecule has 1 aromatic carbocycles. The fraction of sp³-hybridized carbons (Fsp3) is 0.304. The number of aryl methyl sites for hydroxylation is 1. The standard InChI is InChI=1S/C23H27N5O2S/c1-15-11-20(31-13-15)22-26-27-23(30-22)21(17(3)24-4)25-16(2)19-9-7-18(8-10-19)12-29-14-28(5)6/h7-11,13H,4,12,14H2,1-3,5-6H3/b21-17-,25-16?. The molecule has 2 aromatic heterocycles. The molecule has 8 heteroatoms. The first kappa shape index (κ1) is 22.7. The van der Waals surface area contributed by atoms with Gasteiger partial charge in [-0.2, -0.15) is 0 Å². The van der Waals surface area contributed by atoms with Crippen molar-refractivity contribution in [3.8, 4) is 10.8 Å². The molecule has 0 saturated carbocycles. The molecule has 162 valence electrons. The molecule has 7 nitrogen and oxygen atoms in total. The first-order valence-electron chi connectivity index (χ1n) is 9.81. The van der Waals surface area contributed by atoms with E-state index in [1.54, 1.807) is 11.3 Å². The molecule has 0 radical (unpaired) electrons. The summed E-state index contributed by atoms with van der Waals surface area (Å²) >= 11 is 1.56. The van der Waals surface area contributed by atoms with Crippen LogP contribution in [0.4, 0.5) is 0 Å². The molecule has 3 aromatic rings. The predicted molar refractivity (Wildman–Crippen MR) is 126 cm³/mol. The van der Waals surface area contributed by atoms with Crippen molar-refractivity contribution in [3.05, 3.63) is 64.0 Å². The Morgan fingerprint density at radius 3 is 2.55 bits per heavy atom. The Morgan fingerprint density at radius 1 is 1.19 bits per heavy atom. The smallest absolute Gasteiger partial charge is 0.268 e. The molecule has 0 aliphatic carbocycles. The van der Waals surface area contributed by atoms with Crippen LogP contribution in [-0.2, 0) is 11.3 Å². The van der Waals surface area contributed by atoms with Gasteiger partial charge in [0.15, 0.2) is 0 Å². The van der Waals surface area contributed by atoms with Crippen molar-refractivity contribution >= 4 is 29.5 Å². The monoisotopic (exact) mass is 437 g/mol. The second-order valence-corrected chi connectivity index (χ2v) is 8.36. The molecule has 0 N–H and O–H groups in total. The summed E-state index contributed by atoms with van der Waals surface area (Å²) in [7, 11) is 3.95. The number of hydrogen-bond acceptors (Lipinski definition) is 8. The van der Waals surface area contributed by atoms with Crippen LogP contribution in [0.15, 0.2) is 55.8 Å². The van der Waals surface area contributed by atoms with Gasteiger partial charge in [0.05, 0.1) is 23.9 Å². The molecule has 3 rings (SSSR count). The fourth-order valence-electron chi connectivity index (χ4n) is 2.74. The van der Waals surface area contributed by atoms with Crippen molar-refractivity contribution in [2.24, 2.45) is 9.98 Å². The lowest BCUT2D eigenvalue weighted by atomic mass is 10.1. The van der Waals surface area contributed by atoms with Crippen molar-refractivity contribution in [1.82, 2.24) is 15.1 Å². The van der Waals surface area contributed by atoms with Gasteiger partial charge in [0.25, 0.3) is 11.8 Å². The van der Waals surface area contributed by atoms with E-state index in [0.29, 0.717) is 36.5 Å². The zero-order valence-electron chi connectivity index (χ0n) is 18.5. The van der Waals surface area contributed by atoms with Crippen LogP contribution in [-0.4, -0.2) is 48.4 Å². The number of ether oxygens (including phenoxy) is 1. The van der Waals surface area contributed by atoms with E-state index in [-0.39, 0.29) is 0 Å². The largest absolute Gasteiger partial charge is 0.414 e. The number of rotatable bonds is 9. The zero-order chi connectivity index (χ0) is 22.4. The normalized spacial score (nSPS) is 12.9. The number of benzene rings is 1. The summed E-state index contributed by atoms with van der Waals surface area (Å²) in [5.74, 6) is 0.788. The molecule has 0 bridgehead atoms. The van der Waals surface area contributed by atoms with Gasteiger partial charge in [-0.1, -0.05) is 24.3 Å². The Hall–Kier alpha value is -2.94. The van der Waals surface area contributed by atoms with Crippen molar-refractivity contribution in [1.29, 1.82) is 0 Å². The van der Waals surface area contributed by atoms with Crippen LogP contribution in [0.5, 0.6) is 0 Å². The first-order valence-corrected chi connectivity index (χ1v) is 10.7. The molecular weight excluding hydrogens is 410 g/mol. The van der Waals surface area contributed by atoms with E-state index in [4.69, 9.17) is 14.1 Å². The van der Waals surface area contributed by atoms with Crippen LogP contribution in [0.1, 0.15) is 36.4 Å². The molecule has 31 heavy (non-hydrogen) atoms. The third-order valence-electron chi connectivity index (χ3n) is 4.42. The molecule has 0 aliphatic rings. The number of allylic oxidation sites excluding steroid dienone is 1. The van der Waals surface area contributed by atoms with E-state index >= 15 is 0 Å². The molecule has 0 fully saturated rings. The highest BCUT2D eigenvalue weighted by atomic mass is 32.1. The minimum absolute atomic E-state index is 0.319. The summed E-state index contributed by atoms with van der Waals surface area (Å²) in [6.45, 7) is 10.6. The van der Waals surface area contributed by atoms with E-state index in [2.05, 4.69) is 21.9 Å². The van der Waals surface area contributed by atoms with Crippen LogP contribution >= 0.6 is 11.3 Å². The van der Waals surface area contributed by atoms with Crippen molar-refractivity contribution in [2.75, 3.05) is 20.8 Å². The summed E-state index contributed by atoms with van der Waals surface area (Å²) in [5, 5.41) is 10.4. The fourth-order valence-corrected chi connectivity index (χ4v) is 3.56. The van der Waals surface area contributed by atoms with Crippen LogP contribution in [0, 0.1) is 6.92 Å². The molecule has 0 amide bonds. The summed E-state index contributed by atoms with van der Waals surface area (Å²) < 4.78 is 11.5. The maximum atomic E-state index is 5.90. The van der Waals surface area contributed by atoms with Crippen molar-refractivity contribution in [3.63, 3.8) is 0 Å². The quantitative estimate of drug-likeness (QED) is 0.346. The number of hydrogen-bond donors (Lipinski definition) is 0. The van der Waals surface area contributed by atoms with Crippen LogP contribution in [0.2, 0.25) is 0 Å². The van der Waals surface area contributed by atoms with E-state index in [9.17, 15) is 0 Å². The predicted octanol–water partition coefficient (Wildman–Crippen LogP) is 5.04. The topological polar surface area (TPSA) is 76.1 Å². The van der Waals surface area contributed by atoms with E-state index < -0.39 is 0 Å². The second-order valence-electron chi connectivity index (χ2n) is 7.44. The highest BCUT2D eigenvalue weighted by Gasteiger charge is 2.16. The lowest BCUT2D eigenvalue weighted by Crippen LogP contribution is -2.15. The number of thiophene rings is 1. The minimum atomic E-state index is 0.319. The lowest BCUT2D eigenvalue weighted by molar-refractivity contribution is 0.0451. The van der Waals surface area contributed by atoms with E-state index in [0.717, 1.165) is 27.3 Å². The SMILES string of the molecule is C=N/C(C)=C(\N=C(C)c1ccc(COCN(C)C)cc1)c1nnc(-c2cc(C)cs2)o1. The van der Waals surface area contributed by atoms with Gasteiger partial charge in [-0.05, 0) is 69.7 Å². The third kappa shape index (κ3) is 6.04. The Balaban J connectivity index is 1.82. The highest BCUT2D eigenvalue weighted by Crippen LogP contribution is 2.29. The Morgan fingerprint density at radius 2 is 1.94 bits per heavy atom. The van der Waals surface area contributed by atoms with Crippen molar-refractivity contribution in [2.45, 2.75) is 27.4 Å². The van der Waals surface area contributed by atoms with Crippen LogP contribution in [0.3, 0.4) is 0 Å². The number of aromatic nitrogens is 2. The van der Waals surface area contributed by atoms with E-state index in [1.807, 2.05) is 75.5 Å². The second kappa shape index (κ2) is 10.4. The Kier molecular flexibility index (Phi) is 7.62. The lowest BCUT2D eigenvalue weighted by Gasteiger charge is -2.10. The molecule has 0 unspecified atom stereocenters. The van der Waals surface area contributed by atoms with Crippen molar-refractivity contribution < 1.29 is 9.15 Å². The summed E-state index contributed by atoms with van der Waals surface area (Å²) in [6, 6.07) is 10.1. The average Bonchev–Trinajstić information content (AvgIpc) is 3.40. The molecular formula is C23H27N5O2S. The molecule has 0 atom stereocenters. The van der Waals surface area contributed by atoms with Crippen LogP contribution < -0.4 is 0 Å². The summed E-state index contributed by atoms with van der Waals surface area (Å²) in [5.41, 5.74) is 5.18. The van der Waals surface area contributed by atoms with Gasteiger partial charge in [-0.15, -0.1) is 21.5 Å². The highest BCUT2D eigenvalue weighted by molar-refractivity contribution is 7.13.